The molecule has 0 heterocycles. The maximum Gasteiger partial charge on any atom is 0.407 e. The molecule has 0 aliphatic heterocycles. The highest BCUT2D eigenvalue weighted by molar-refractivity contribution is 5.88. The monoisotopic (exact) mass is 462 g/mol. The van der Waals surface area contributed by atoms with Crippen LogP contribution in [0.5, 0.6) is 0 Å². The number of carboxylic acids is 1. The predicted molar refractivity (Wildman–Crippen MR) is 126 cm³/mol. The first kappa shape index (κ1) is 22.4. The number of fused-ring (bicyclic) bond motifs is 3. The standard InChI is InChI=1S/C27H30N2O5/c30-25(31)15-29(14-18-11-12-18)26(32)24(13-17-9-10-17)28-27(33)34-16-23-21-7-3-1-5-19(21)20-6-2-4-8-22(20)23/h1-8,17-18,23-24H,9-16H2,(H,28,33)(H,30,31). The average Bonchev–Trinajstić information content (AvgIpc) is 3.76. The Labute approximate surface area is 199 Å². The third kappa shape index (κ3) is 5.08. The van der Waals surface area contributed by atoms with E-state index in [4.69, 9.17) is 4.74 Å². The molecule has 3 aliphatic rings. The second kappa shape index (κ2) is 9.49. The van der Waals surface area contributed by atoms with Gasteiger partial charge in [0.05, 0.1) is 0 Å². The SMILES string of the molecule is O=C(O)CN(CC1CC1)C(=O)C(CC1CC1)NC(=O)OCC1c2ccccc2-c2ccccc21. The van der Waals surface area contributed by atoms with Crippen LogP contribution in [0.15, 0.2) is 48.5 Å². The molecule has 2 saturated carbocycles. The van der Waals surface area contributed by atoms with Gasteiger partial charge in [0.1, 0.15) is 19.2 Å². The van der Waals surface area contributed by atoms with E-state index in [-0.39, 0.29) is 25.0 Å². The smallest absolute Gasteiger partial charge is 0.407 e. The fraction of sp³-hybridized carbons (Fsp3) is 0.444. The van der Waals surface area contributed by atoms with E-state index in [2.05, 4.69) is 29.6 Å². The molecule has 0 radical (unpaired) electrons. The van der Waals surface area contributed by atoms with Crippen LogP contribution in [0.3, 0.4) is 0 Å². The molecule has 2 aromatic rings. The zero-order valence-electron chi connectivity index (χ0n) is 19.1. The first-order valence-corrected chi connectivity index (χ1v) is 12.1. The summed E-state index contributed by atoms with van der Waals surface area (Å²) in [6, 6.07) is 15.5. The molecule has 7 nitrogen and oxygen atoms in total. The number of hydrogen-bond acceptors (Lipinski definition) is 4. The molecule has 7 heteroatoms. The summed E-state index contributed by atoms with van der Waals surface area (Å²) >= 11 is 0. The molecule has 1 unspecified atom stereocenters. The third-order valence-corrected chi connectivity index (χ3v) is 7.01. The van der Waals surface area contributed by atoms with Gasteiger partial charge in [0, 0.05) is 12.5 Å². The molecule has 0 aromatic heterocycles. The molecule has 2 N–H and O–H groups in total. The Kier molecular flexibility index (Phi) is 6.26. The van der Waals surface area contributed by atoms with Crippen LogP contribution in [0.1, 0.15) is 49.1 Å². The van der Waals surface area contributed by atoms with Gasteiger partial charge in [0.2, 0.25) is 5.91 Å². The molecule has 0 bridgehead atoms. The lowest BCUT2D eigenvalue weighted by Gasteiger charge is -2.27. The number of nitrogens with zero attached hydrogens (tertiary/aromatic N) is 1. The minimum absolute atomic E-state index is 0.0610. The number of carbonyl (C=O) groups is 3. The number of ether oxygens (including phenoxy) is 1. The van der Waals surface area contributed by atoms with Gasteiger partial charge in [-0.3, -0.25) is 9.59 Å². The van der Waals surface area contributed by atoms with E-state index in [0.717, 1.165) is 47.9 Å². The Bertz CT molecular complexity index is 1050. The predicted octanol–water partition coefficient (Wildman–Crippen LogP) is 4.02. The molecule has 2 fully saturated rings. The second-order valence-electron chi connectivity index (χ2n) is 9.76. The van der Waals surface area contributed by atoms with Crippen LogP contribution < -0.4 is 5.32 Å². The fourth-order valence-corrected chi connectivity index (χ4v) is 4.92. The maximum atomic E-state index is 13.2. The number of rotatable bonds is 10. The van der Waals surface area contributed by atoms with Gasteiger partial charge in [-0.15, -0.1) is 0 Å². The summed E-state index contributed by atoms with van der Waals surface area (Å²) in [7, 11) is 0. The lowest BCUT2D eigenvalue weighted by atomic mass is 9.98. The Hall–Kier alpha value is -3.35. The molecule has 3 aliphatic carbocycles. The number of aliphatic carboxylic acids is 1. The van der Waals surface area contributed by atoms with E-state index in [1.54, 1.807) is 0 Å². The third-order valence-electron chi connectivity index (χ3n) is 7.01. The number of hydrogen-bond donors (Lipinski definition) is 2. The van der Waals surface area contributed by atoms with Gasteiger partial charge in [-0.2, -0.15) is 0 Å². The summed E-state index contributed by atoms with van der Waals surface area (Å²) in [6.07, 6.45) is 3.95. The molecule has 2 aromatic carbocycles. The van der Waals surface area contributed by atoms with Crippen molar-refractivity contribution in [1.29, 1.82) is 0 Å². The Morgan fingerprint density at radius 1 is 0.941 bits per heavy atom. The Morgan fingerprint density at radius 3 is 2.09 bits per heavy atom. The molecule has 0 saturated heterocycles. The van der Waals surface area contributed by atoms with Gasteiger partial charge >= 0.3 is 12.1 Å². The average molecular weight is 463 g/mol. The zero-order valence-corrected chi connectivity index (χ0v) is 19.1. The van der Waals surface area contributed by atoms with Crippen LogP contribution in [0.25, 0.3) is 11.1 Å². The molecule has 5 rings (SSSR count). The number of carbonyl (C=O) groups excluding carboxylic acids is 2. The van der Waals surface area contributed by atoms with Gasteiger partial charge < -0.3 is 20.1 Å². The van der Waals surface area contributed by atoms with E-state index in [0.29, 0.717) is 24.8 Å². The van der Waals surface area contributed by atoms with Crippen LogP contribution in [0, 0.1) is 11.8 Å². The van der Waals surface area contributed by atoms with Crippen LogP contribution >= 0.6 is 0 Å². The van der Waals surface area contributed by atoms with Crippen LogP contribution in [-0.4, -0.2) is 53.7 Å². The van der Waals surface area contributed by atoms with Crippen molar-refractivity contribution in [2.75, 3.05) is 19.7 Å². The van der Waals surface area contributed by atoms with E-state index < -0.39 is 18.1 Å². The highest BCUT2D eigenvalue weighted by Gasteiger charge is 2.36. The van der Waals surface area contributed by atoms with Gasteiger partial charge in [-0.05, 0) is 53.4 Å². The van der Waals surface area contributed by atoms with Gasteiger partial charge in [0.25, 0.3) is 0 Å². The largest absolute Gasteiger partial charge is 0.480 e. The van der Waals surface area contributed by atoms with Crippen molar-refractivity contribution in [1.82, 2.24) is 10.2 Å². The van der Waals surface area contributed by atoms with Gasteiger partial charge in [-0.1, -0.05) is 61.4 Å². The number of nitrogens with one attached hydrogen (secondary N) is 1. The molecule has 1 atom stereocenters. The van der Waals surface area contributed by atoms with Gasteiger partial charge in [-0.25, -0.2) is 4.79 Å². The summed E-state index contributed by atoms with van der Waals surface area (Å²) in [4.78, 5) is 38.7. The van der Waals surface area contributed by atoms with E-state index in [1.165, 1.54) is 4.90 Å². The Morgan fingerprint density at radius 2 is 1.53 bits per heavy atom. The Balaban J connectivity index is 1.25. The molecule has 178 valence electrons. The fourth-order valence-electron chi connectivity index (χ4n) is 4.92. The van der Waals surface area contributed by atoms with Crippen LogP contribution in [-0.2, 0) is 14.3 Å². The van der Waals surface area contributed by atoms with E-state index in [9.17, 15) is 19.5 Å². The minimum atomic E-state index is -1.04. The number of benzene rings is 2. The second-order valence-corrected chi connectivity index (χ2v) is 9.76. The molecular formula is C27H30N2O5. The summed E-state index contributed by atoms with van der Waals surface area (Å²) in [6.45, 7) is 0.257. The van der Waals surface area contributed by atoms with Crippen molar-refractivity contribution in [2.24, 2.45) is 11.8 Å². The van der Waals surface area contributed by atoms with E-state index >= 15 is 0 Å². The lowest BCUT2D eigenvalue weighted by molar-refractivity contribution is -0.145. The van der Waals surface area contributed by atoms with Crippen molar-refractivity contribution >= 4 is 18.0 Å². The molecule has 0 spiro atoms. The molecule has 2 amide bonds. The van der Waals surface area contributed by atoms with Crippen molar-refractivity contribution in [2.45, 2.75) is 44.1 Å². The first-order chi connectivity index (χ1) is 16.5. The summed E-state index contributed by atoms with van der Waals surface area (Å²) in [5, 5.41) is 12.0. The summed E-state index contributed by atoms with van der Waals surface area (Å²) in [5.41, 5.74) is 4.55. The highest BCUT2D eigenvalue weighted by atomic mass is 16.5. The van der Waals surface area contributed by atoms with Crippen LogP contribution in [0.2, 0.25) is 0 Å². The first-order valence-electron chi connectivity index (χ1n) is 12.1. The van der Waals surface area contributed by atoms with E-state index in [1.807, 2.05) is 24.3 Å². The minimum Gasteiger partial charge on any atom is -0.480 e. The zero-order chi connectivity index (χ0) is 23.7. The van der Waals surface area contributed by atoms with Crippen LogP contribution in [0.4, 0.5) is 4.79 Å². The summed E-state index contributed by atoms with van der Waals surface area (Å²) < 4.78 is 5.64. The number of carboxylic acid groups (broad SMARTS) is 1. The van der Waals surface area contributed by atoms with Crippen molar-refractivity contribution in [3.05, 3.63) is 59.7 Å². The lowest BCUT2D eigenvalue weighted by Crippen LogP contribution is -2.51. The number of alkyl carbamates (subject to hydrolysis) is 1. The quantitative estimate of drug-likeness (QED) is 0.556. The number of amides is 2. The van der Waals surface area contributed by atoms with Gasteiger partial charge in [0.15, 0.2) is 0 Å². The highest BCUT2D eigenvalue weighted by Crippen LogP contribution is 2.44. The van der Waals surface area contributed by atoms with Crippen molar-refractivity contribution in [3.63, 3.8) is 0 Å². The van der Waals surface area contributed by atoms with Crippen molar-refractivity contribution in [3.8, 4) is 11.1 Å². The topological polar surface area (TPSA) is 95.9 Å². The maximum absolute atomic E-state index is 13.2. The van der Waals surface area contributed by atoms with Crippen molar-refractivity contribution < 1.29 is 24.2 Å². The normalized spacial score (nSPS) is 17.4. The molecular weight excluding hydrogens is 432 g/mol. The molecule has 34 heavy (non-hydrogen) atoms. The summed E-state index contributed by atoms with van der Waals surface area (Å²) in [5.74, 6) is -0.682.